The van der Waals surface area contributed by atoms with E-state index in [9.17, 15) is 0 Å². The second kappa shape index (κ2) is 7.94. The minimum absolute atomic E-state index is 0.0565. The van der Waals surface area contributed by atoms with Crippen LogP contribution in [-0.4, -0.2) is 30.7 Å². The number of pyridine rings is 1. The smallest absolute Gasteiger partial charge is 0.138 e. The fourth-order valence-electron chi connectivity index (χ4n) is 1.06. The number of aromatic nitrogens is 1. The van der Waals surface area contributed by atoms with Gasteiger partial charge in [0.25, 0.3) is 0 Å². The van der Waals surface area contributed by atoms with Gasteiger partial charge in [0.1, 0.15) is 12.4 Å². The molecule has 0 saturated heterocycles. The minimum atomic E-state index is 0.0565. The molecule has 1 aromatic heterocycles. The molecule has 0 amide bonds. The molecule has 4 heteroatoms. The van der Waals surface area contributed by atoms with Gasteiger partial charge in [-0.05, 0) is 13.0 Å². The molecule has 92 valence electrons. The summed E-state index contributed by atoms with van der Waals surface area (Å²) >= 11 is 5.54. The summed E-state index contributed by atoms with van der Waals surface area (Å²) < 4.78 is 10.6. The number of halogens is 1. The van der Waals surface area contributed by atoms with Gasteiger partial charge >= 0.3 is 0 Å². The van der Waals surface area contributed by atoms with E-state index in [2.05, 4.69) is 16.8 Å². The lowest BCUT2D eigenvalue weighted by Crippen LogP contribution is -2.15. The molecule has 1 aromatic rings. The zero-order valence-corrected chi connectivity index (χ0v) is 10.8. The molecule has 0 aromatic carbocycles. The van der Waals surface area contributed by atoms with E-state index in [1.165, 1.54) is 0 Å². The van der Waals surface area contributed by atoms with Crippen molar-refractivity contribution in [1.82, 2.24) is 4.98 Å². The van der Waals surface area contributed by atoms with Crippen LogP contribution in [0.5, 0.6) is 5.75 Å². The van der Waals surface area contributed by atoms with Gasteiger partial charge < -0.3 is 9.47 Å². The molecule has 0 N–H and O–H groups in total. The highest BCUT2D eigenvalue weighted by Gasteiger charge is 2.01. The van der Waals surface area contributed by atoms with Crippen LogP contribution >= 0.6 is 11.6 Å². The number of rotatable bonds is 5. The largest absolute Gasteiger partial charge is 0.489 e. The van der Waals surface area contributed by atoms with E-state index in [1.54, 1.807) is 19.5 Å². The molecular formula is C13H16ClNO2. The van der Waals surface area contributed by atoms with Crippen LogP contribution in [0.1, 0.15) is 18.9 Å². The van der Waals surface area contributed by atoms with Crippen molar-refractivity contribution in [1.29, 1.82) is 0 Å². The van der Waals surface area contributed by atoms with E-state index in [0.29, 0.717) is 24.7 Å². The van der Waals surface area contributed by atoms with Crippen molar-refractivity contribution in [2.75, 3.05) is 19.6 Å². The molecule has 0 aliphatic rings. The number of hydrogen-bond donors (Lipinski definition) is 0. The molecule has 3 nitrogen and oxygen atoms in total. The normalized spacial score (nSPS) is 11.5. The zero-order valence-electron chi connectivity index (χ0n) is 10.1. The lowest BCUT2D eigenvalue weighted by Gasteiger charge is -2.10. The quantitative estimate of drug-likeness (QED) is 0.597. The highest BCUT2D eigenvalue weighted by Crippen LogP contribution is 2.11. The molecule has 0 aliphatic heterocycles. The Morgan fingerprint density at radius 3 is 3.00 bits per heavy atom. The maximum Gasteiger partial charge on any atom is 0.138 e. The van der Waals surface area contributed by atoms with Gasteiger partial charge in [0.2, 0.25) is 0 Å². The zero-order chi connectivity index (χ0) is 12.5. The Kier molecular flexibility index (Phi) is 6.46. The van der Waals surface area contributed by atoms with Crippen LogP contribution in [0.4, 0.5) is 0 Å². The monoisotopic (exact) mass is 253 g/mol. The van der Waals surface area contributed by atoms with Crippen molar-refractivity contribution >= 4 is 11.6 Å². The lowest BCUT2D eigenvalue weighted by molar-refractivity contribution is 0.0715. The number of methoxy groups -OCH3 is 1. The molecule has 0 fully saturated rings. The van der Waals surface area contributed by atoms with Crippen LogP contribution in [0.25, 0.3) is 0 Å². The Hall–Kier alpha value is -1.24. The summed E-state index contributed by atoms with van der Waals surface area (Å²) in [6.45, 7) is 2.44. The van der Waals surface area contributed by atoms with Gasteiger partial charge in [-0.15, -0.1) is 11.6 Å². The standard InChI is InChI=1S/C13H16ClNO2/c1-11(16-2)10-17-13-7-12(8-15-9-13)5-3-4-6-14/h7-9,11H,4,6,10H2,1-2H3. The van der Waals surface area contributed by atoms with E-state index in [1.807, 2.05) is 13.0 Å². The van der Waals surface area contributed by atoms with E-state index in [4.69, 9.17) is 21.1 Å². The maximum absolute atomic E-state index is 5.54. The molecule has 0 spiro atoms. The van der Waals surface area contributed by atoms with Gasteiger partial charge in [0, 0.05) is 31.2 Å². The molecule has 0 aliphatic carbocycles. The Morgan fingerprint density at radius 2 is 2.29 bits per heavy atom. The first kappa shape index (κ1) is 13.8. The second-order valence-electron chi connectivity index (χ2n) is 3.51. The summed E-state index contributed by atoms with van der Waals surface area (Å²) in [4.78, 5) is 4.07. The fourth-order valence-corrected chi connectivity index (χ4v) is 1.15. The van der Waals surface area contributed by atoms with E-state index < -0.39 is 0 Å². The van der Waals surface area contributed by atoms with Crippen molar-refractivity contribution in [3.63, 3.8) is 0 Å². The maximum atomic E-state index is 5.54. The van der Waals surface area contributed by atoms with Gasteiger partial charge in [0.15, 0.2) is 0 Å². The Morgan fingerprint density at radius 1 is 1.47 bits per heavy atom. The predicted molar refractivity (Wildman–Crippen MR) is 68.4 cm³/mol. The summed E-state index contributed by atoms with van der Waals surface area (Å²) in [5.74, 6) is 7.18. The van der Waals surface area contributed by atoms with Gasteiger partial charge in [-0.3, -0.25) is 4.98 Å². The molecule has 1 heterocycles. The minimum Gasteiger partial charge on any atom is -0.489 e. The highest BCUT2D eigenvalue weighted by atomic mass is 35.5. The van der Waals surface area contributed by atoms with Crippen molar-refractivity contribution in [3.05, 3.63) is 24.0 Å². The number of ether oxygens (including phenoxy) is 2. The number of alkyl halides is 1. The van der Waals surface area contributed by atoms with Crippen LogP contribution in [0.15, 0.2) is 18.5 Å². The molecular weight excluding hydrogens is 238 g/mol. The highest BCUT2D eigenvalue weighted by molar-refractivity contribution is 6.18. The van der Waals surface area contributed by atoms with Gasteiger partial charge in [-0.2, -0.15) is 0 Å². The second-order valence-corrected chi connectivity index (χ2v) is 3.89. The summed E-state index contributed by atoms with van der Waals surface area (Å²) in [6, 6.07) is 1.86. The van der Waals surface area contributed by atoms with Crippen molar-refractivity contribution in [3.8, 4) is 17.6 Å². The predicted octanol–water partition coefficient (Wildman–Crippen LogP) is 2.48. The Bertz CT molecular complexity index is 398. The van der Waals surface area contributed by atoms with Gasteiger partial charge in [0.05, 0.1) is 12.3 Å². The Labute approximate surface area is 107 Å². The van der Waals surface area contributed by atoms with Crippen LogP contribution in [0.2, 0.25) is 0 Å². The average molecular weight is 254 g/mol. The number of nitrogens with zero attached hydrogens (tertiary/aromatic N) is 1. The fraction of sp³-hybridized carbons (Fsp3) is 0.462. The van der Waals surface area contributed by atoms with Gasteiger partial charge in [-0.1, -0.05) is 11.8 Å². The van der Waals surface area contributed by atoms with Crippen LogP contribution < -0.4 is 4.74 Å². The molecule has 0 bridgehead atoms. The van der Waals surface area contributed by atoms with Crippen LogP contribution in [0, 0.1) is 11.8 Å². The van der Waals surface area contributed by atoms with Crippen LogP contribution in [-0.2, 0) is 4.74 Å². The first-order chi connectivity index (χ1) is 8.26. The van der Waals surface area contributed by atoms with Crippen molar-refractivity contribution in [2.45, 2.75) is 19.4 Å². The van der Waals surface area contributed by atoms with Gasteiger partial charge in [-0.25, -0.2) is 0 Å². The molecule has 0 radical (unpaired) electrons. The Balaban J connectivity index is 2.57. The summed E-state index contributed by atoms with van der Waals surface area (Å²) in [6.07, 6.45) is 4.09. The molecule has 1 atom stereocenters. The molecule has 1 rings (SSSR count). The third-order valence-corrected chi connectivity index (χ3v) is 2.24. The van der Waals surface area contributed by atoms with Crippen molar-refractivity contribution in [2.24, 2.45) is 0 Å². The first-order valence-corrected chi connectivity index (χ1v) is 5.95. The van der Waals surface area contributed by atoms with E-state index >= 15 is 0 Å². The first-order valence-electron chi connectivity index (χ1n) is 5.41. The summed E-state index contributed by atoms with van der Waals surface area (Å²) in [5, 5.41) is 0. The summed E-state index contributed by atoms with van der Waals surface area (Å²) in [5.41, 5.74) is 0.831. The SMILES string of the molecule is COC(C)COc1cncc(C#CCCCl)c1. The number of hydrogen-bond acceptors (Lipinski definition) is 3. The third kappa shape index (κ3) is 5.58. The topological polar surface area (TPSA) is 31.4 Å². The summed E-state index contributed by atoms with van der Waals surface area (Å²) in [7, 11) is 1.65. The molecule has 1 unspecified atom stereocenters. The molecule has 0 saturated carbocycles. The lowest BCUT2D eigenvalue weighted by atomic mass is 10.2. The molecule has 17 heavy (non-hydrogen) atoms. The average Bonchev–Trinajstić information content (AvgIpc) is 2.37. The van der Waals surface area contributed by atoms with Crippen molar-refractivity contribution < 1.29 is 9.47 Å². The van der Waals surface area contributed by atoms with Crippen LogP contribution in [0.3, 0.4) is 0 Å². The van der Waals surface area contributed by atoms with E-state index in [0.717, 1.165) is 5.56 Å². The van der Waals surface area contributed by atoms with E-state index in [-0.39, 0.29) is 6.10 Å². The third-order valence-electron chi connectivity index (χ3n) is 2.05.